The van der Waals surface area contributed by atoms with E-state index in [9.17, 15) is 32.3 Å². The van der Waals surface area contributed by atoms with Crippen LogP contribution in [-0.4, -0.2) is 74.5 Å². The van der Waals surface area contributed by atoms with Crippen LogP contribution in [0.2, 0.25) is 0 Å². The molecule has 1 aliphatic heterocycles. The number of carbonyl (C=O) groups excluding carboxylic acids is 2. The summed E-state index contributed by atoms with van der Waals surface area (Å²) in [4.78, 5) is 31.6. The number of halogens is 4. The van der Waals surface area contributed by atoms with Gasteiger partial charge in [0.05, 0.1) is 19.0 Å². The maximum Gasteiger partial charge on any atom is 0.417 e. The zero-order valence-corrected chi connectivity index (χ0v) is 21.1. The summed E-state index contributed by atoms with van der Waals surface area (Å²) < 4.78 is 58.5. The predicted octanol–water partition coefficient (Wildman–Crippen LogP) is 3.60. The molecule has 0 aromatic carbocycles. The molecule has 1 saturated heterocycles. The molecule has 3 N–H and O–H groups in total. The van der Waals surface area contributed by atoms with Gasteiger partial charge < -0.3 is 20.1 Å². The van der Waals surface area contributed by atoms with Gasteiger partial charge in [-0.05, 0) is 51.0 Å². The lowest BCUT2D eigenvalue weighted by atomic mass is 9.81. The van der Waals surface area contributed by atoms with Crippen molar-refractivity contribution < 1.29 is 37.0 Å². The van der Waals surface area contributed by atoms with Crippen molar-refractivity contribution in [1.82, 2.24) is 25.4 Å². The van der Waals surface area contributed by atoms with Gasteiger partial charge in [0, 0.05) is 36.2 Å². The van der Waals surface area contributed by atoms with Crippen molar-refractivity contribution in [3.05, 3.63) is 29.8 Å². The lowest BCUT2D eigenvalue weighted by molar-refractivity contribution is -0.270. The summed E-state index contributed by atoms with van der Waals surface area (Å²) in [6.07, 6.45) is -3.11. The average Bonchev–Trinajstić information content (AvgIpc) is 3.39. The van der Waals surface area contributed by atoms with Crippen LogP contribution in [0.4, 0.5) is 17.6 Å². The Morgan fingerprint density at radius 2 is 1.97 bits per heavy atom. The fourth-order valence-corrected chi connectivity index (χ4v) is 5.24. The van der Waals surface area contributed by atoms with E-state index in [0.717, 1.165) is 6.20 Å². The lowest BCUT2D eigenvalue weighted by Gasteiger charge is -2.40. The quantitative estimate of drug-likeness (QED) is 0.481. The number of pyridine rings is 1. The first-order valence-corrected chi connectivity index (χ1v) is 12.6. The number of H-pyrrole nitrogens is 1. The van der Waals surface area contributed by atoms with Crippen molar-refractivity contribution >= 4 is 11.8 Å². The molecule has 38 heavy (non-hydrogen) atoms. The van der Waals surface area contributed by atoms with E-state index in [4.69, 9.17) is 4.74 Å². The fourth-order valence-electron chi connectivity index (χ4n) is 5.24. The number of piperidine rings is 1. The highest BCUT2D eigenvalue weighted by atomic mass is 19.4. The van der Waals surface area contributed by atoms with Gasteiger partial charge in [0.1, 0.15) is 0 Å². The van der Waals surface area contributed by atoms with E-state index in [2.05, 4.69) is 20.5 Å². The normalized spacial score (nSPS) is 26.2. The molecule has 2 fully saturated rings. The van der Waals surface area contributed by atoms with E-state index in [0.29, 0.717) is 31.5 Å². The Morgan fingerprint density at radius 1 is 1.26 bits per heavy atom. The number of hydrogen-bond acceptors (Lipinski definition) is 6. The van der Waals surface area contributed by atoms with Crippen molar-refractivity contribution in [2.24, 2.45) is 5.92 Å². The fraction of sp³-hybridized carbons (Fsp3) is 0.600. The SMILES string of the molecule is CC[C@@H]1C[C@@H](C(=O)NC2CCC(O)(C(F)(F)F)CC2)CCN1C(=O)c1cc(-c2cc(OC)ncc2F)[nH]n1. The summed E-state index contributed by atoms with van der Waals surface area (Å²) >= 11 is 0. The van der Waals surface area contributed by atoms with Crippen LogP contribution in [-0.2, 0) is 4.79 Å². The standard InChI is InChI=1S/C25H31F4N5O4/c1-3-16-10-14(22(35)31-15-4-7-24(37,8-5-15)25(27,28)29)6-9-34(16)23(36)20-12-19(32-33-20)17-11-21(38-2)30-13-18(17)26/h11-16,37H,3-10H2,1-2H3,(H,31,35)(H,32,33)/t14-,15?,16+,24?/m0/s1. The number of carbonyl (C=O) groups is 2. The zero-order chi connectivity index (χ0) is 27.7. The van der Waals surface area contributed by atoms with Crippen LogP contribution in [0.15, 0.2) is 18.3 Å². The number of hydrogen-bond donors (Lipinski definition) is 3. The van der Waals surface area contributed by atoms with E-state index in [-0.39, 0.29) is 53.8 Å². The first kappa shape index (κ1) is 27.8. The van der Waals surface area contributed by atoms with Crippen LogP contribution in [0.3, 0.4) is 0 Å². The predicted molar refractivity (Wildman–Crippen MR) is 128 cm³/mol. The number of amides is 2. The number of aromatic amines is 1. The monoisotopic (exact) mass is 541 g/mol. The highest BCUT2D eigenvalue weighted by Crippen LogP contribution is 2.41. The summed E-state index contributed by atoms with van der Waals surface area (Å²) in [6, 6.07) is 2.18. The number of nitrogens with one attached hydrogen (secondary N) is 2. The van der Waals surface area contributed by atoms with Gasteiger partial charge in [-0.3, -0.25) is 14.7 Å². The molecule has 0 spiro atoms. The van der Waals surface area contributed by atoms with Gasteiger partial charge in [0.15, 0.2) is 17.1 Å². The van der Waals surface area contributed by atoms with Crippen LogP contribution in [0.1, 0.15) is 62.4 Å². The number of likely N-dealkylation sites (tertiary alicyclic amines) is 1. The number of aliphatic hydroxyl groups is 1. The minimum Gasteiger partial charge on any atom is -0.481 e. The first-order valence-electron chi connectivity index (χ1n) is 12.6. The number of nitrogens with zero attached hydrogens (tertiary/aromatic N) is 3. The number of ether oxygens (including phenoxy) is 1. The van der Waals surface area contributed by atoms with E-state index in [1.807, 2.05) is 6.92 Å². The van der Waals surface area contributed by atoms with Crippen molar-refractivity contribution in [2.75, 3.05) is 13.7 Å². The molecule has 0 bridgehead atoms. The molecule has 2 aromatic heterocycles. The minimum absolute atomic E-state index is 0.0434. The van der Waals surface area contributed by atoms with Gasteiger partial charge in [-0.1, -0.05) is 6.92 Å². The van der Waals surface area contributed by atoms with Crippen molar-refractivity contribution in [1.29, 1.82) is 0 Å². The molecule has 2 atom stereocenters. The summed E-state index contributed by atoms with van der Waals surface area (Å²) in [5.74, 6) is -1.38. The van der Waals surface area contributed by atoms with Crippen LogP contribution in [0.25, 0.3) is 11.3 Å². The Kier molecular flexibility index (Phi) is 7.96. The third-order valence-electron chi connectivity index (χ3n) is 7.63. The second kappa shape index (κ2) is 10.9. The highest BCUT2D eigenvalue weighted by molar-refractivity contribution is 5.94. The molecule has 2 amide bonds. The number of methoxy groups -OCH3 is 1. The van der Waals surface area contributed by atoms with Gasteiger partial charge in [-0.15, -0.1) is 0 Å². The molecule has 9 nitrogen and oxygen atoms in total. The first-order chi connectivity index (χ1) is 18.0. The van der Waals surface area contributed by atoms with Gasteiger partial charge in [-0.25, -0.2) is 9.37 Å². The molecule has 4 rings (SSSR count). The Bertz CT molecular complexity index is 1160. The second-order valence-corrected chi connectivity index (χ2v) is 9.97. The number of alkyl halides is 3. The minimum atomic E-state index is -4.69. The number of rotatable bonds is 6. The topological polar surface area (TPSA) is 120 Å². The second-order valence-electron chi connectivity index (χ2n) is 9.97. The molecule has 208 valence electrons. The molecule has 0 radical (unpaired) electrons. The van der Waals surface area contributed by atoms with Gasteiger partial charge in [0.25, 0.3) is 5.91 Å². The molecule has 1 saturated carbocycles. The molecule has 2 aromatic rings. The van der Waals surface area contributed by atoms with E-state index >= 15 is 0 Å². The van der Waals surface area contributed by atoms with E-state index in [1.54, 1.807) is 4.90 Å². The van der Waals surface area contributed by atoms with Gasteiger partial charge in [0.2, 0.25) is 11.8 Å². The van der Waals surface area contributed by atoms with E-state index in [1.165, 1.54) is 19.2 Å². The van der Waals surface area contributed by atoms with Crippen LogP contribution < -0.4 is 10.1 Å². The molecule has 0 unspecified atom stereocenters. The molecule has 3 heterocycles. The Balaban J connectivity index is 1.36. The average molecular weight is 542 g/mol. The summed E-state index contributed by atoms with van der Waals surface area (Å²) in [5, 5.41) is 19.4. The summed E-state index contributed by atoms with van der Waals surface area (Å²) in [7, 11) is 1.41. The third-order valence-corrected chi connectivity index (χ3v) is 7.63. The smallest absolute Gasteiger partial charge is 0.417 e. The number of aromatic nitrogens is 3. The van der Waals surface area contributed by atoms with Gasteiger partial charge in [-0.2, -0.15) is 18.3 Å². The third kappa shape index (κ3) is 5.62. The summed E-state index contributed by atoms with van der Waals surface area (Å²) in [6.45, 7) is 2.20. The van der Waals surface area contributed by atoms with Crippen molar-refractivity contribution in [3.63, 3.8) is 0 Å². The Morgan fingerprint density at radius 3 is 2.61 bits per heavy atom. The molecular formula is C25H31F4N5O4. The molecule has 2 aliphatic rings. The Labute approximate surface area is 217 Å². The van der Waals surface area contributed by atoms with Crippen molar-refractivity contribution in [3.8, 4) is 17.1 Å². The molecular weight excluding hydrogens is 510 g/mol. The van der Waals surface area contributed by atoms with Crippen LogP contribution in [0, 0.1) is 11.7 Å². The maximum absolute atomic E-state index is 14.3. The van der Waals surface area contributed by atoms with Crippen LogP contribution in [0.5, 0.6) is 5.88 Å². The van der Waals surface area contributed by atoms with E-state index < -0.39 is 36.5 Å². The Hall–Kier alpha value is -3.22. The highest BCUT2D eigenvalue weighted by Gasteiger charge is 2.54. The summed E-state index contributed by atoms with van der Waals surface area (Å²) in [5.41, 5.74) is -2.15. The van der Waals surface area contributed by atoms with Crippen LogP contribution >= 0.6 is 0 Å². The largest absolute Gasteiger partial charge is 0.481 e. The van der Waals surface area contributed by atoms with Crippen molar-refractivity contribution in [2.45, 2.75) is 75.7 Å². The maximum atomic E-state index is 14.3. The molecule has 1 aliphatic carbocycles. The zero-order valence-electron chi connectivity index (χ0n) is 21.1. The molecule has 13 heteroatoms. The lowest BCUT2D eigenvalue weighted by Crippen LogP contribution is -2.53. The van der Waals surface area contributed by atoms with Gasteiger partial charge >= 0.3 is 6.18 Å².